The number of rotatable bonds is 4. The van der Waals surface area contributed by atoms with E-state index in [9.17, 15) is 4.79 Å². The maximum Gasteiger partial charge on any atom is 0.165 e. The SMILES string of the molecule is CC(C)C(=O)[C@@H](O)CN=CN. The Morgan fingerprint density at radius 2 is 2.27 bits per heavy atom. The van der Waals surface area contributed by atoms with E-state index in [0.29, 0.717) is 0 Å². The van der Waals surface area contributed by atoms with Crippen LogP contribution in [-0.2, 0) is 4.79 Å². The van der Waals surface area contributed by atoms with Crippen molar-refractivity contribution in [2.24, 2.45) is 16.6 Å². The van der Waals surface area contributed by atoms with Gasteiger partial charge in [0.25, 0.3) is 0 Å². The number of hydrogen-bond acceptors (Lipinski definition) is 3. The molecule has 3 N–H and O–H groups in total. The van der Waals surface area contributed by atoms with E-state index in [1.165, 1.54) is 0 Å². The first-order chi connectivity index (χ1) is 5.09. The van der Waals surface area contributed by atoms with Crippen molar-refractivity contribution in [1.29, 1.82) is 0 Å². The molecule has 1 atom stereocenters. The Labute approximate surface area is 66.1 Å². The van der Waals surface area contributed by atoms with Crippen LogP contribution >= 0.6 is 0 Å². The van der Waals surface area contributed by atoms with Crippen LogP contribution in [0.1, 0.15) is 13.8 Å². The minimum atomic E-state index is -1.00. The molecule has 64 valence electrons. The van der Waals surface area contributed by atoms with Crippen molar-refractivity contribution in [1.82, 2.24) is 0 Å². The highest BCUT2D eigenvalue weighted by molar-refractivity contribution is 5.84. The van der Waals surface area contributed by atoms with E-state index in [1.807, 2.05) is 0 Å². The summed E-state index contributed by atoms with van der Waals surface area (Å²) in [6.45, 7) is 3.53. The second-order valence-electron chi connectivity index (χ2n) is 2.59. The molecule has 0 aliphatic carbocycles. The maximum absolute atomic E-state index is 11.0. The van der Waals surface area contributed by atoms with Gasteiger partial charge in [-0.15, -0.1) is 0 Å². The molecule has 0 heterocycles. The van der Waals surface area contributed by atoms with Crippen LogP contribution in [0.15, 0.2) is 4.99 Å². The molecule has 0 amide bonds. The molecule has 0 aromatic carbocycles. The van der Waals surface area contributed by atoms with Gasteiger partial charge in [0, 0.05) is 5.92 Å². The van der Waals surface area contributed by atoms with Gasteiger partial charge in [0.15, 0.2) is 5.78 Å². The summed E-state index contributed by atoms with van der Waals surface area (Å²) in [6.07, 6.45) is 0.0754. The molecule has 4 nitrogen and oxygen atoms in total. The number of aliphatic imine (C=N–C) groups is 1. The number of ketones is 1. The summed E-state index contributed by atoms with van der Waals surface area (Å²) >= 11 is 0. The van der Waals surface area contributed by atoms with Crippen molar-refractivity contribution >= 4 is 12.1 Å². The Morgan fingerprint density at radius 3 is 2.64 bits per heavy atom. The molecule has 11 heavy (non-hydrogen) atoms. The van der Waals surface area contributed by atoms with Gasteiger partial charge in [-0.3, -0.25) is 9.79 Å². The van der Waals surface area contributed by atoms with Crippen molar-refractivity contribution in [2.75, 3.05) is 6.54 Å². The Kier molecular flexibility index (Phi) is 4.45. The van der Waals surface area contributed by atoms with E-state index in [2.05, 4.69) is 4.99 Å². The molecule has 0 spiro atoms. The molecule has 0 unspecified atom stereocenters. The summed E-state index contributed by atoms with van der Waals surface area (Å²) in [5.41, 5.74) is 4.94. The zero-order chi connectivity index (χ0) is 8.85. The summed E-state index contributed by atoms with van der Waals surface area (Å²) in [5.74, 6) is -0.353. The van der Waals surface area contributed by atoms with Crippen LogP contribution in [0.5, 0.6) is 0 Å². The summed E-state index contributed by atoms with van der Waals surface area (Å²) in [6, 6.07) is 0. The number of aliphatic hydroxyl groups is 1. The summed E-state index contributed by atoms with van der Waals surface area (Å²) in [4.78, 5) is 14.5. The quantitative estimate of drug-likeness (QED) is 0.430. The topological polar surface area (TPSA) is 75.7 Å². The van der Waals surface area contributed by atoms with Gasteiger partial charge in [-0.25, -0.2) is 0 Å². The summed E-state index contributed by atoms with van der Waals surface area (Å²) in [5, 5.41) is 9.10. The Hall–Kier alpha value is -0.900. The number of carbonyl (C=O) groups is 1. The van der Waals surface area contributed by atoms with Gasteiger partial charge in [-0.2, -0.15) is 0 Å². The number of Topliss-reactive ketones (excluding diaryl/α,β-unsaturated/α-hetero) is 1. The van der Waals surface area contributed by atoms with Gasteiger partial charge in [0.05, 0.1) is 12.9 Å². The van der Waals surface area contributed by atoms with Crippen LogP contribution in [0.2, 0.25) is 0 Å². The van der Waals surface area contributed by atoms with Crippen molar-refractivity contribution < 1.29 is 9.90 Å². The molecule has 0 rings (SSSR count). The summed E-state index contributed by atoms with van der Waals surface area (Å²) < 4.78 is 0. The average molecular weight is 158 g/mol. The first-order valence-corrected chi connectivity index (χ1v) is 3.51. The highest BCUT2D eigenvalue weighted by atomic mass is 16.3. The monoisotopic (exact) mass is 158 g/mol. The number of carbonyl (C=O) groups excluding carboxylic acids is 1. The lowest BCUT2D eigenvalue weighted by Gasteiger charge is -2.08. The van der Waals surface area contributed by atoms with E-state index in [1.54, 1.807) is 13.8 Å². The van der Waals surface area contributed by atoms with Crippen molar-refractivity contribution in [3.05, 3.63) is 0 Å². The van der Waals surface area contributed by atoms with Crippen LogP contribution < -0.4 is 5.73 Å². The molecule has 0 aromatic rings. The highest BCUT2D eigenvalue weighted by Gasteiger charge is 2.16. The lowest BCUT2D eigenvalue weighted by molar-refractivity contribution is -0.129. The lowest BCUT2D eigenvalue weighted by Crippen LogP contribution is -2.27. The van der Waals surface area contributed by atoms with Gasteiger partial charge in [0.2, 0.25) is 0 Å². The minimum Gasteiger partial charge on any atom is -0.390 e. The molecule has 0 radical (unpaired) electrons. The second kappa shape index (κ2) is 4.85. The molecular weight excluding hydrogens is 144 g/mol. The largest absolute Gasteiger partial charge is 0.390 e. The van der Waals surface area contributed by atoms with Crippen LogP contribution in [-0.4, -0.2) is 29.9 Å². The van der Waals surface area contributed by atoms with Gasteiger partial charge in [-0.1, -0.05) is 13.8 Å². The Balaban J connectivity index is 3.83. The smallest absolute Gasteiger partial charge is 0.165 e. The van der Waals surface area contributed by atoms with Gasteiger partial charge >= 0.3 is 0 Å². The fourth-order valence-electron chi connectivity index (χ4n) is 0.635. The maximum atomic E-state index is 11.0. The van der Waals surface area contributed by atoms with E-state index in [4.69, 9.17) is 10.8 Å². The third-order valence-corrected chi connectivity index (χ3v) is 1.28. The number of aliphatic hydroxyl groups excluding tert-OH is 1. The van der Waals surface area contributed by atoms with E-state index in [-0.39, 0.29) is 18.2 Å². The average Bonchev–Trinajstić information content (AvgIpc) is 1.98. The fourth-order valence-corrected chi connectivity index (χ4v) is 0.635. The first kappa shape index (κ1) is 10.1. The Bertz CT molecular complexity index is 155. The lowest BCUT2D eigenvalue weighted by atomic mass is 10.0. The number of nitrogens with two attached hydrogens (primary N) is 1. The predicted octanol–water partition coefficient (Wildman–Crippen LogP) is -0.441. The van der Waals surface area contributed by atoms with E-state index < -0.39 is 6.10 Å². The number of hydrogen-bond donors (Lipinski definition) is 2. The molecule has 4 heteroatoms. The van der Waals surface area contributed by atoms with Crippen LogP contribution in [0.25, 0.3) is 0 Å². The van der Waals surface area contributed by atoms with Crippen LogP contribution in [0, 0.1) is 5.92 Å². The molecule has 0 aromatic heterocycles. The minimum absolute atomic E-state index is 0.0630. The third-order valence-electron chi connectivity index (χ3n) is 1.28. The van der Waals surface area contributed by atoms with Crippen LogP contribution in [0.4, 0.5) is 0 Å². The first-order valence-electron chi connectivity index (χ1n) is 3.51. The van der Waals surface area contributed by atoms with Crippen LogP contribution in [0.3, 0.4) is 0 Å². The standard InChI is InChI=1S/C7H14N2O2/c1-5(2)7(11)6(10)3-9-4-8/h4-6,10H,3H2,1-2H3,(H2,8,9)/t6-/m0/s1. The van der Waals surface area contributed by atoms with Gasteiger partial charge in [-0.05, 0) is 0 Å². The third kappa shape index (κ3) is 3.72. The van der Waals surface area contributed by atoms with E-state index in [0.717, 1.165) is 6.34 Å². The highest BCUT2D eigenvalue weighted by Crippen LogP contribution is 1.99. The normalized spacial score (nSPS) is 14.2. The second-order valence-corrected chi connectivity index (χ2v) is 2.59. The number of nitrogens with zero attached hydrogens (tertiary/aromatic N) is 1. The molecule has 0 bridgehead atoms. The van der Waals surface area contributed by atoms with E-state index >= 15 is 0 Å². The van der Waals surface area contributed by atoms with Crippen molar-refractivity contribution in [3.8, 4) is 0 Å². The zero-order valence-corrected chi connectivity index (χ0v) is 6.82. The van der Waals surface area contributed by atoms with Crippen molar-refractivity contribution in [2.45, 2.75) is 20.0 Å². The van der Waals surface area contributed by atoms with Gasteiger partial charge in [0.1, 0.15) is 6.10 Å². The summed E-state index contributed by atoms with van der Waals surface area (Å²) in [7, 11) is 0. The zero-order valence-electron chi connectivity index (χ0n) is 6.82. The molecule has 0 fully saturated rings. The van der Waals surface area contributed by atoms with Gasteiger partial charge < -0.3 is 10.8 Å². The molecule has 0 aliphatic rings. The molecular formula is C7H14N2O2. The fraction of sp³-hybridized carbons (Fsp3) is 0.714. The Morgan fingerprint density at radius 1 is 1.73 bits per heavy atom. The van der Waals surface area contributed by atoms with Crippen molar-refractivity contribution in [3.63, 3.8) is 0 Å². The molecule has 0 saturated heterocycles. The molecule has 0 saturated carbocycles. The predicted molar refractivity (Wildman–Crippen MR) is 43.4 cm³/mol. The molecule has 0 aliphatic heterocycles.